The molecule has 0 aliphatic carbocycles. The summed E-state index contributed by atoms with van der Waals surface area (Å²) < 4.78 is 6.48. The van der Waals surface area contributed by atoms with E-state index in [1.807, 2.05) is 30.3 Å². The summed E-state index contributed by atoms with van der Waals surface area (Å²) in [4.78, 5) is 12.0. The molecule has 0 unspecified atom stereocenters. The smallest absolute Gasteiger partial charge is 0.200 e. The van der Waals surface area contributed by atoms with Gasteiger partial charge in [-0.1, -0.05) is 54.0 Å². The number of halogens is 1. The Bertz CT molecular complexity index is 605. The molecule has 0 N–H and O–H groups in total. The number of carbonyl (C=O) groups excluding carboxylic acids is 1. The van der Waals surface area contributed by atoms with E-state index in [2.05, 4.69) is 35.8 Å². The molecule has 0 saturated carbocycles. The predicted octanol–water partition coefficient (Wildman–Crippen LogP) is 4.83. The lowest BCUT2D eigenvalue weighted by molar-refractivity contribution is 0.0921. The van der Waals surface area contributed by atoms with Gasteiger partial charge < -0.3 is 4.74 Å². The quantitative estimate of drug-likeness (QED) is 0.732. The van der Waals surface area contributed by atoms with Gasteiger partial charge in [0, 0.05) is 10.0 Å². The molecule has 2 rings (SSSR count). The second-order valence-electron chi connectivity index (χ2n) is 4.95. The minimum absolute atomic E-state index is 0.0266. The molecular formula is C17H17BrO2. The largest absolute Gasteiger partial charge is 0.485 e. The van der Waals surface area contributed by atoms with Crippen molar-refractivity contribution in [3.8, 4) is 5.75 Å². The van der Waals surface area contributed by atoms with Gasteiger partial charge in [0.2, 0.25) is 0 Å². The van der Waals surface area contributed by atoms with Crippen molar-refractivity contribution in [2.75, 3.05) is 6.61 Å². The van der Waals surface area contributed by atoms with Crippen molar-refractivity contribution >= 4 is 21.7 Å². The first kappa shape index (κ1) is 14.8. The van der Waals surface area contributed by atoms with Crippen molar-refractivity contribution in [2.24, 2.45) is 0 Å². The third kappa shape index (κ3) is 3.94. The average molecular weight is 333 g/mol. The topological polar surface area (TPSA) is 26.3 Å². The van der Waals surface area contributed by atoms with Crippen molar-refractivity contribution in [2.45, 2.75) is 19.8 Å². The molecule has 0 aliphatic rings. The summed E-state index contributed by atoms with van der Waals surface area (Å²) in [6, 6.07) is 15.2. The van der Waals surface area contributed by atoms with E-state index in [4.69, 9.17) is 4.74 Å². The zero-order valence-electron chi connectivity index (χ0n) is 11.6. The molecule has 0 atom stereocenters. The molecular weight excluding hydrogens is 316 g/mol. The maximum absolute atomic E-state index is 12.0. The summed E-state index contributed by atoms with van der Waals surface area (Å²) in [5.41, 5.74) is 1.86. The highest BCUT2D eigenvalue weighted by Gasteiger charge is 2.08. The Kier molecular flexibility index (Phi) is 4.96. The van der Waals surface area contributed by atoms with E-state index < -0.39 is 0 Å². The SMILES string of the molecule is CC(C)c1cccc(OCC(=O)c2cccc(Br)c2)c1. The van der Waals surface area contributed by atoms with E-state index >= 15 is 0 Å². The fraction of sp³-hybridized carbons (Fsp3) is 0.235. The minimum Gasteiger partial charge on any atom is -0.485 e. The summed E-state index contributed by atoms with van der Waals surface area (Å²) >= 11 is 3.36. The molecule has 0 spiro atoms. The van der Waals surface area contributed by atoms with Crippen LogP contribution in [0.15, 0.2) is 53.0 Å². The number of Topliss-reactive ketones (excluding diaryl/α,β-unsaturated/α-hetero) is 1. The monoisotopic (exact) mass is 332 g/mol. The first-order chi connectivity index (χ1) is 9.56. The van der Waals surface area contributed by atoms with E-state index in [1.165, 1.54) is 5.56 Å². The van der Waals surface area contributed by atoms with Crippen LogP contribution in [0.4, 0.5) is 0 Å². The Balaban J connectivity index is 2.02. The average Bonchev–Trinajstić information content (AvgIpc) is 2.45. The number of rotatable bonds is 5. The van der Waals surface area contributed by atoms with E-state index in [-0.39, 0.29) is 12.4 Å². The van der Waals surface area contributed by atoms with Gasteiger partial charge in [-0.15, -0.1) is 0 Å². The summed E-state index contributed by atoms with van der Waals surface area (Å²) in [6.07, 6.45) is 0. The number of ketones is 1. The molecule has 0 amide bonds. The normalized spacial score (nSPS) is 10.6. The Labute approximate surface area is 127 Å². The Morgan fingerprint density at radius 2 is 1.90 bits per heavy atom. The van der Waals surface area contributed by atoms with Gasteiger partial charge in [-0.25, -0.2) is 0 Å². The molecule has 0 aliphatic heterocycles. The Morgan fingerprint density at radius 1 is 1.15 bits per heavy atom. The highest BCUT2D eigenvalue weighted by Crippen LogP contribution is 2.20. The van der Waals surface area contributed by atoms with Crippen molar-refractivity contribution in [1.29, 1.82) is 0 Å². The molecule has 20 heavy (non-hydrogen) atoms. The van der Waals surface area contributed by atoms with Gasteiger partial charge in [-0.05, 0) is 35.7 Å². The maximum Gasteiger partial charge on any atom is 0.200 e. The summed E-state index contributed by atoms with van der Waals surface area (Å²) in [7, 11) is 0. The van der Waals surface area contributed by atoms with Crippen LogP contribution >= 0.6 is 15.9 Å². The van der Waals surface area contributed by atoms with Crippen molar-refractivity contribution in [3.05, 3.63) is 64.1 Å². The Morgan fingerprint density at radius 3 is 2.60 bits per heavy atom. The highest BCUT2D eigenvalue weighted by molar-refractivity contribution is 9.10. The van der Waals surface area contributed by atoms with Crippen LogP contribution < -0.4 is 4.74 Å². The molecule has 2 aromatic carbocycles. The molecule has 3 heteroatoms. The Hall–Kier alpha value is -1.61. The number of benzene rings is 2. The molecule has 0 saturated heterocycles. The molecule has 0 aromatic heterocycles. The number of carbonyl (C=O) groups is 1. The van der Waals surface area contributed by atoms with Gasteiger partial charge in [0.1, 0.15) is 5.75 Å². The standard InChI is InChI=1S/C17H17BrO2/c1-12(2)13-5-4-8-16(10-13)20-11-17(19)14-6-3-7-15(18)9-14/h3-10,12H,11H2,1-2H3. The van der Waals surface area contributed by atoms with Crippen LogP contribution in [0.1, 0.15) is 35.7 Å². The van der Waals surface area contributed by atoms with E-state index in [0.29, 0.717) is 11.5 Å². The van der Waals surface area contributed by atoms with Crippen LogP contribution in [0.3, 0.4) is 0 Å². The fourth-order valence-corrected chi connectivity index (χ4v) is 2.26. The lowest BCUT2D eigenvalue weighted by atomic mass is 10.0. The van der Waals surface area contributed by atoms with Gasteiger partial charge in [0.25, 0.3) is 0 Å². The number of ether oxygens (including phenoxy) is 1. The summed E-state index contributed by atoms with van der Waals surface area (Å²) in [5, 5.41) is 0. The minimum atomic E-state index is -0.0266. The second-order valence-corrected chi connectivity index (χ2v) is 5.87. The van der Waals surface area contributed by atoms with Crippen molar-refractivity contribution < 1.29 is 9.53 Å². The van der Waals surface area contributed by atoms with Gasteiger partial charge >= 0.3 is 0 Å². The predicted molar refractivity (Wildman–Crippen MR) is 84.5 cm³/mol. The molecule has 0 radical (unpaired) electrons. The first-order valence-electron chi connectivity index (χ1n) is 6.58. The third-order valence-electron chi connectivity index (χ3n) is 3.04. The van der Waals surface area contributed by atoms with E-state index in [9.17, 15) is 4.79 Å². The van der Waals surface area contributed by atoms with E-state index in [1.54, 1.807) is 12.1 Å². The van der Waals surface area contributed by atoms with Gasteiger partial charge in [-0.3, -0.25) is 4.79 Å². The zero-order valence-corrected chi connectivity index (χ0v) is 13.2. The second kappa shape index (κ2) is 6.71. The van der Waals surface area contributed by atoms with Gasteiger partial charge in [0.05, 0.1) is 0 Å². The molecule has 104 valence electrons. The molecule has 0 fully saturated rings. The van der Waals surface area contributed by atoms with Crippen LogP contribution in [0.2, 0.25) is 0 Å². The number of hydrogen-bond acceptors (Lipinski definition) is 2. The van der Waals surface area contributed by atoms with E-state index in [0.717, 1.165) is 10.2 Å². The van der Waals surface area contributed by atoms with Crippen molar-refractivity contribution in [3.63, 3.8) is 0 Å². The molecule has 0 heterocycles. The number of hydrogen-bond donors (Lipinski definition) is 0. The van der Waals surface area contributed by atoms with Crippen molar-refractivity contribution in [1.82, 2.24) is 0 Å². The van der Waals surface area contributed by atoms with Crippen LogP contribution in [0.25, 0.3) is 0 Å². The third-order valence-corrected chi connectivity index (χ3v) is 3.53. The van der Waals surface area contributed by atoms with Gasteiger partial charge in [-0.2, -0.15) is 0 Å². The first-order valence-corrected chi connectivity index (χ1v) is 7.37. The van der Waals surface area contributed by atoms with Gasteiger partial charge in [0.15, 0.2) is 12.4 Å². The van der Waals surface area contributed by atoms with Crippen LogP contribution in [-0.2, 0) is 0 Å². The summed E-state index contributed by atoms with van der Waals surface area (Å²) in [6.45, 7) is 4.32. The van der Waals surface area contributed by atoms with Crippen LogP contribution in [-0.4, -0.2) is 12.4 Å². The zero-order chi connectivity index (χ0) is 14.5. The highest BCUT2D eigenvalue weighted by atomic mass is 79.9. The van der Waals surface area contributed by atoms with Crippen LogP contribution in [0, 0.1) is 0 Å². The maximum atomic E-state index is 12.0. The fourth-order valence-electron chi connectivity index (χ4n) is 1.86. The lowest BCUT2D eigenvalue weighted by Gasteiger charge is -2.09. The molecule has 2 aromatic rings. The summed E-state index contributed by atoms with van der Waals surface area (Å²) in [5.74, 6) is 1.15. The molecule has 0 bridgehead atoms. The van der Waals surface area contributed by atoms with Crippen LogP contribution in [0.5, 0.6) is 5.75 Å². The lowest BCUT2D eigenvalue weighted by Crippen LogP contribution is -2.11. The molecule has 2 nitrogen and oxygen atoms in total.